The number of ether oxygens (including phenoxy) is 2. The van der Waals surface area contributed by atoms with Gasteiger partial charge < -0.3 is 9.47 Å². The second-order valence-corrected chi connectivity index (χ2v) is 3.88. The molecule has 0 saturated carbocycles. The van der Waals surface area contributed by atoms with E-state index in [0.29, 0.717) is 22.8 Å². The van der Waals surface area contributed by atoms with Gasteiger partial charge in [-0.25, -0.2) is 14.8 Å². The molecule has 0 bridgehead atoms. The van der Waals surface area contributed by atoms with Crippen molar-refractivity contribution in [3.8, 4) is 17.1 Å². The van der Waals surface area contributed by atoms with E-state index in [1.54, 1.807) is 13.2 Å². The van der Waals surface area contributed by atoms with Gasteiger partial charge in [-0.2, -0.15) is 5.10 Å². The van der Waals surface area contributed by atoms with Crippen LogP contribution in [0, 0.1) is 6.92 Å². The predicted molar refractivity (Wildman–Crippen MR) is 66.9 cm³/mol. The standard InChI is InChI=1S/C12H14N4O3/c1-7-9(13-6-14-11(7)18-3)8-5-15-16(2)10(8)12(17)19-4/h5-6H,1-4H3. The molecule has 7 heteroatoms. The quantitative estimate of drug-likeness (QED) is 0.767. The summed E-state index contributed by atoms with van der Waals surface area (Å²) in [7, 11) is 4.53. The third-order valence-corrected chi connectivity index (χ3v) is 2.80. The van der Waals surface area contributed by atoms with Crippen LogP contribution in [-0.4, -0.2) is 39.9 Å². The Morgan fingerprint density at radius 1 is 1.32 bits per heavy atom. The first-order chi connectivity index (χ1) is 9.10. The van der Waals surface area contributed by atoms with Crippen molar-refractivity contribution in [3.05, 3.63) is 23.8 Å². The van der Waals surface area contributed by atoms with Gasteiger partial charge in [-0.3, -0.25) is 4.68 Å². The lowest BCUT2D eigenvalue weighted by Crippen LogP contribution is -2.10. The molecule has 0 aliphatic heterocycles. The summed E-state index contributed by atoms with van der Waals surface area (Å²) in [6, 6.07) is 0. The number of hydrogen-bond acceptors (Lipinski definition) is 6. The third kappa shape index (κ3) is 2.14. The average molecular weight is 262 g/mol. The molecule has 0 spiro atoms. The van der Waals surface area contributed by atoms with E-state index in [2.05, 4.69) is 15.1 Å². The molecule has 19 heavy (non-hydrogen) atoms. The van der Waals surface area contributed by atoms with Gasteiger partial charge in [0.1, 0.15) is 6.33 Å². The van der Waals surface area contributed by atoms with E-state index in [1.165, 1.54) is 25.2 Å². The minimum absolute atomic E-state index is 0.339. The molecule has 7 nitrogen and oxygen atoms in total. The van der Waals surface area contributed by atoms with Crippen molar-refractivity contribution >= 4 is 5.97 Å². The first-order valence-corrected chi connectivity index (χ1v) is 5.56. The van der Waals surface area contributed by atoms with Gasteiger partial charge in [-0.05, 0) is 6.92 Å². The molecule has 0 amide bonds. The highest BCUT2D eigenvalue weighted by molar-refractivity contribution is 5.95. The zero-order valence-electron chi connectivity index (χ0n) is 11.2. The molecule has 0 aliphatic rings. The van der Waals surface area contributed by atoms with Crippen LogP contribution in [0.25, 0.3) is 11.3 Å². The van der Waals surface area contributed by atoms with Crippen LogP contribution in [0.2, 0.25) is 0 Å². The molecule has 0 radical (unpaired) electrons. The molecule has 0 saturated heterocycles. The zero-order chi connectivity index (χ0) is 14.0. The molecule has 2 aromatic heterocycles. The molecule has 0 unspecified atom stereocenters. The SMILES string of the molecule is COC(=O)c1c(-c2ncnc(OC)c2C)cnn1C. The molecule has 0 aromatic carbocycles. The summed E-state index contributed by atoms with van der Waals surface area (Å²) in [5.74, 6) is -0.00310. The maximum atomic E-state index is 11.8. The highest BCUT2D eigenvalue weighted by Gasteiger charge is 2.22. The minimum atomic E-state index is -0.466. The van der Waals surface area contributed by atoms with Crippen LogP contribution in [0.1, 0.15) is 16.1 Å². The normalized spacial score (nSPS) is 10.3. The van der Waals surface area contributed by atoms with Crippen LogP contribution in [0.5, 0.6) is 5.88 Å². The first-order valence-electron chi connectivity index (χ1n) is 5.56. The second-order valence-electron chi connectivity index (χ2n) is 3.88. The monoisotopic (exact) mass is 262 g/mol. The Kier molecular flexibility index (Phi) is 3.46. The average Bonchev–Trinajstić information content (AvgIpc) is 2.80. The van der Waals surface area contributed by atoms with E-state index in [9.17, 15) is 4.79 Å². The van der Waals surface area contributed by atoms with E-state index in [0.717, 1.165) is 5.56 Å². The van der Waals surface area contributed by atoms with Gasteiger partial charge in [-0.1, -0.05) is 0 Å². The smallest absolute Gasteiger partial charge is 0.357 e. The fourth-order valence-electron chi connectivity index (χ4n) is 1.86. The van der Waals surface area contributed by atoms with Crippen molar-refractivity contribution < 1.29 is 14.3 Å². The lowest BCUT2D eigenvalue weighted by molar-refractivity contribution is 0.0589. The number of aryl methyl sites for hydroxylation is 1. The molecule has 2 aromatic rings. The first kappa shape index (κ1) is 13.0. The molecule has 100 valence electrons. The topological polar surface area (TPSA) is 79.1 Å². The number of esters is 1. The molecule has 0 atom stereocenters. The Labute approximate surface area is 110 Å². The Morgan fingerprint density at radius 3 is 2.68 bits per heavy atom. The molecule has 2 heterocycles. The Balaban J connectivity index is 2.63. The van der Waals surface area contributed by atoms with Crippen LogP contribution in [0.4, 0.5) is 0 Å². The highest BCUT2D eigenvalue weighted by atomic mass is 16.5. The van der Waals surface area contributed by atoms with E-state index in [-0.39, 0.29) is 0 Å². The van der Waals surface area contributed by atoms with E-state index < -0.39 is 5.97 Å². The van der Waals surface area contributed by atoms with Gasteiger partial charge in [0, 0.05) is 12.6 Å². The number of aromatic nitrogens is 4. The molecule has 0 fully saturated rings. The van der Waals surface area contributed by atoms with Gasteiger partial charge in [0.2, 0.25) is 5.88 Å². The zero-order valence-corrected chi connectivity index (χ0v) is 11.2. The maximum absolute atomic E-state index is 11.8. The number of nitrogens with zero attached hydrogens (tertiary/aromatic N) is 4. The second kappa shape index (κ2) is 5.05. The van der Waals surface area contributed by atoms with E-state index in [4.69, 9.17) is 9.47 Å². The lowest BCUT2D eigenvalue weighted by Gasteiger charge is -2.08. The molecular weight excluding hydrogens is 248 g/mol. The Bertz CT molecular complexity index is 621. The summed E-state index contributed by atoms with van der Waals surface area (Å²) < 4.78 is 11.4. The summed E-state index contributed by atoms with van der Waals surface area (Å²) in [5, 5.41) is 4.07. The van der Waals surface area contributed by atoms with Crippen molar-refractivity contribution in [2.45, 2.75) is 6.92 Å². The molecule has 2 rings (SSSR count). The van der Waals surface area contributed by atoms with Gasteiger partial charge >= 0.3 is 5.97 Å². The number of methoxy groups -OCH3 is 2. The summed E-state index contributed by atoms with van der Waals surface area (Å²) in [6.07, 6.45) is 2.95. The van der Waals surface area contributed by atoms with Crippen molar-refractivity contribution in [2.75, 3.05) is 14.2 Å². The van der Waals surface area contributed by atoms with Crippen LogP contribution < -0.4 is 4.74 Å². The van der Waals surface area contributed by atoms with Gasteiger partial charge in [0.25, 0.3) is 0 Å². The summed E-state index contributed by atoms with van der Waals surface area (Å²) in [6.45, 7) is 1.82. The summed E-state index contributed by atoms with van der Waals surface area (Å²) in [5.41, 5.74) is 2.27. The lowest BCUT2D eigenvalue weighted by atomic mass is 10.1. The number of carbonyl (C=O) groups excluding carboxylic acids is 1. The van der Waals surface area contributed by atoms with Crippen molar-refractivity contribution in [1.29, 1.82) is 0 Å². The van der Waals surface area contributed by atoms with E-state index in [1.807, 2.05) is 6.92 Å². The molecule has 0 aliphatic carbocycles. The fourth-order valence-corrected chi connectivity index (χ4v) is 1.86. The van der Waals surface area contributed by atoms with Crippen molar-refractivity contribution in [2.24, 2.45) is 7.05 Å². The van der Waals surface area contributed by atoms with Crippen LogP contribution in [0.3, 0.4) is 0 Å². The Morgan fingerprint density at radius 2 is 2.05 bits per heavy atom. The highest BCUT2D eigenvalue weighted by Crippen LogP contribution is 2.28. The number of carbonyl (C=O) groups is 1. The summed E-state index contributed by atoms with van der Waals surface area (Å²) >= 11 is 0. The largest absolute Gasteiger partial charge is 0.481 e. The van der Waals surface area contributed by atoms with E-state index >= 15 is 0 Å². The van der Waals surface area contributed by atoms with Gasteiger partial charge in [0.15, 0.2) is 5.69 Å². The van der Waals surface area contributed by atoms with Crippen LogP contribution >= 0.6 is 0 Å². The van der Waals surface area contributed by atoms with Crippen molar-refractivity contribution in [1.82, 2.24) is 19.7 Å². The molecule has 0 N–H and O–H groups in total. The predicted octanol–water partition coefficient (Wildman–Crippen LogP) is 0.981. The molecular formula is C12H14N4O3. The van der Waals surface area contributed by atoms with Gasteiger partial charge in [-0.15, -0.1) is 0 Å². The fraction of sp³-hybridized carbons (Fsp3) is 0.333. The third-order valence-electron chi connectivity index (χ3n) is 2.80. The number of rotatable bonds is 3. The minimum Gasteiger partial charge on any atom is -0.481 e. The number of hydrogen-bond donors (Lipinski definition) is 0. The summed E-state index contributed by atoms with van der Waals surface area (Å²) in [4.78, 5) is 20.0. The maximum Gasteiger partial charge on any atom is 0.357 e. The Hall–Kier alpha value is -2.44. The van der Waals surface area contributed by atoms with Gasteiger partial charge in [0.05, 0.1) is 31.7 Å². The van der Waals surface area contributed by atoms with Crippen molar-refractivity contribution in [3.63, 3.8) is 0 Å². The van der Waals surface area contributed by atoms with Crippen LogP contribution in [-0.2, 0) is 11.8 Å². The van der Waals surface area contributed by atoms with Crippen LogP contribution in [0.15, 0.2) is 12.5 Å².